The summed E-state index contributed by atoms with van der Waals surface area (Å²) < 4.78 is 0. The van der Waals surface area contributed by atoms with Crippen molar-refractivity contribution in [2.45, 2.75) is 64.7 Å². The van der Waals surface area contributed by atoms with E-state index in [1.807, 2.05) is 0 Å². The molecule has 0 aliphatic heterocycles. The number of allylic oxidation sites excluding steroid dienone is 1. The van der Waals surface area contributed by atoms with Crippen molar-refractivity contribution in [3.05, 3.63) is 12.2 Å². The Kier molecular flexibility index (Phi) is 10.6. The van der Waals surface area contributed by atoms with Gasteiger partial charge in [0.25, 0.3) is 0 Å². The minimum absolute atomic E-state index is 0.310. The molecule has 0 aliphatic carbocycles. The van der Waals surface area contributed by atoms with Crippen molar-refractivity contribution >= 4 is 11.8 Å². The van der Waals surface area contributed by atoms with Gasteiger partial charge >= 0.3 is 5.97 Å². The van der Waals surface area contributed by atoms with E-state index in [9.17, 15) is 9.59 Å². The maximum absolute atomic E-state index is 11.4. The summed E-state index contributed by atoms with van der Waals surface area (Å²) in [5.74, 6) is -0.613. The topological polar surface area (TPSA) is 54.4 Å². The van der Waals surface area contributed by atoms with Crippen LogP contribution in [0.4, 0.5) is 0 Å². The fourth-order valence-electron chi connectivity index (χ4n) is 1.65. The van der Waals surface area contributed by atoms with Gasteiger partial charge in [-0.05, 0) is 19.3 Å². The molecule has 3 heteroatoms. The van der Waals surface area contributed by atoms with Gasteiger partial charge in [-0.1, -0.05) is 38.7 Å². The largest absolute Gasteiger partial charge is 0.478 e. The number of carboxylic acid groups (broad SMARTS) is 1. The molecule has 0 radical (unpaired) electrons. The quantitative estimate of drug-likeness (QED) is 0.442. The van der Waals surface area contributed by atoms with Crippen LogP contribution in [0.3, 0.4) is 0 Å². The molecule has 1 N–H and O–H groups in total. The fraction of sp³-hybridized carbons (Fsp3) is 0.714. The van der Waals surface area contributed by atoms with Crippen LogP contribution in [0.2, 0.25) is 0 Å². The lowest BCUT2D eigenvalue weighted by atomic mass is 10.1. The predicted molar refractivity (Wildman–Crippen MR) is 69.0 cm³/mol. The molecule has 0 unspecified atom stereocenters. The first-order chi connectivity index (χ1) is 8.16. The lowest BCUT2D eigenvalue weighted by Gasteiger charge is -2.00. The normalized spacial score (nSPS) is 10.9. The molecule has 0 aromatic rings. The van der Waals surface area contributed by atoms with Gasteiger partial charge in [0.15, 0.2) is 0 Å². The van der Waals surface area contributed by atoms with Crippen LogP contribution in [0, 0.1) is 0 Å². The number of rotatable bonds is 11. The standard InChI is InChI=1S/C14H24O3/c1-2-3-4-5-7-10-13(15)11-8-6-9-12-14(16)17/h9,12H,2-8,10-11H2,1H3,(H,16,17). The summed E-state index contributed by atoms with van der Waals surface area (Å²) in [6, 6.07) is 0. The van der Waals surface area contributed by atoms with E-state index in [0.717, 1.165) is 25.3 Å². The Bertz CT molecular complexity index is 244. The molecule has 0 rings (SSSR count). The molecule has 0 heterocycles. The number of carboxylic acids is 1. The Hall–Kier alpha value is -1.12. The molecule has 0 saturated carbocycles. The highest BCUT2D eigenvalue weighted by Crippen LogP contribution is 2.08. The highest BCUT2D eigenvalue weighted by molar-refractivity contribution is 5.79. The molecule has 0 bridgehead atoms. The van der Waals surface area contributed by atoms with Gasteiger partial charge < -0.3 is 5.11 Å². The first-order valence-corrected chi connectivity index (χ1v) is 6.58. The lowest BCUT2D eigenvalue weighted by molar-refractivity contribution is -0.131. The third-order valence-corrected chi connectivity index (χ3v) is 2.65. The number of Topliss-reactive ketones (excluding diaryl/α,β-unsaturated/α-hetero) is 1. The SMILES string of the molecule is CCCCCCCC(=O)CCCC=CC(=O)O. The highest BCUT2D eigenvalue weighted by Gasteiger charge is 2.00. The number of ketones is 1. The van der Waals surface area contributed by atoms with Gasteiger partial charge in [0, 0.05) is 18.9 Å². The second kappa shape index (κ2) is 11.4. The summed E-state index contributed by atoms with van der Waals surface area (Å²) in [5.41, 5.74) is 0. The summed E-state index contributed by atoms with van der Waals surface area (Å²) in [6.45, 7) is 2.18. The maximum Gasteiger partial charge on any atom is 0.327 e. The first-order valence-electron chi connectivity index (χ1n) is 6.58. The molecule has 0 aliphatic rings. The zero-order chi connectivity index (χ0) is 12.9. The van der Waals surface area contributed by atoms with Crippen LogP contribution in [0.1, 0.15) is 64.7 Å². The lowest BCUT2D eigenvalue weighted by Crippen LogP contribution is -1.97. The monoisotopic (exact) mass is 240 g/mol. The average molecular weight is 240 g/mol. The molecule has 0 atom stereocenters. The molecule has 0 spiro atoms. The van der Waals surface area contributed by atoms with Crippen molar-refractivity contribution in [3.63, 3.8) is 0 Å². The van der Waals surface area contributed by atoms with E-state index in [4.69, 9.17) is 5.11 Å². The van der Waals surface area contributed by atoms with Crippen molar-refractivity contribution in [2.24, 2.45) is 0 Å². The van der Waals surface area contributed by atoms with E-state index in [1.165, 1.54) is 19.3 Å². The molecule has 0 saturated heterocycles. The smallest absolute Gasteiger partial charge is 0.327 e. The Labute approximate surface area is 104 Å². The predicted octanol–water partition coefficient (Wildman–Crippen LogP) is 3.73. The minimum Gasteiger partial charge on any atom is -0.478 e. The summed E-state index contributed by atoms with van der Waals surface area (Å²) in [7, 11) is 0. The number of hydrogen-bond acceptors (Lipinski definition) is 2. The molecular weight excluding hydrogens is 216 g/mol. The molecule has 98 valence electrons. The van der Waals surface area contributed by atoms with Crippen molar-refractivity contribution in [1.82, 2.24) is 0 Å². The fourth-order valence-corrected chi connectivity index (χ4v) is 1.65. The highest BCUT2D eigenvalue weighted by atomic mass is 16.4. The van der Waals surface area contributed by atoms with Crippen LogP contribution < -0.4 is 0 Å². The summed E-state index contributed by atoms with van der Waals surface area (Å²) in [6.07, 6.45) is 11.3. The van der Waals surface area contributed by atoms with Gasteiger partial charge in [-0.25, -0.2) is 4.79 Å². The van der Waals surface area contributed by atoms with E-state index in [-0.39, 0.29) is 0 Å². The number of carbonyl (C=O) groups is 2. The Morgan fingerprint density at radius 3 is 2.29 bits per heavy atom. The van der Waals surface area contributed by atoms with E-state index >= 15 is 0 Å². The molecule has 0 aromatic heterocycles. The van der Waals surface area contributed by atoms with Gasteiger partial charge in [0.05, 0.1) is 0 Å². The van der Waals surface area contributed by atoms with E-state index in [1.54, 1.807) is 6.08 Å². The Morgan fingerprint density at radius 1 is 1.00 bits per heavy atom. The summed E-state index contributed by atoms with van der Waals surface area (Å²) in [4.78, 5) is 21.6. The summed E-state index contributed by atoms with van der Waals surface area (Å²) >= 11 is 0. The number of aliphatic carboxylic acids is 1. The van der Waals surface area contributed by atoms with Gasteiger partial charge in [-0.3, -0.25) is 4.79 Å². The number of hydrogen-bond donors (Lipinski definition) is 1. The van der Waals surface area contributed by atoms with E-state index in [0.29, 0.717) is 25.0 Å². The minimum atomic E-state index is -0.924. The first kappa shape index (κ1) is 15.9. The van der Waals surface area contributed by atoms with Gasteiger partial charge in [-0.2, -0.15) is 0 Å². The molecular formula is C14H24O3. The maximum atomic E-state index is 11.4. The van der Waals surface area contributed by atoms with Gasteiger partial charge in [0.2, 0.25) is 0 Å². The molecule has 3 nitrogen and oxygen atoms in total. The second-order valence-corrected chi connectivity index (χ2v) is 4.34. The van der Waals surface area contributed by atoms with Crippen LogP contribution in [-0.2, 0) is 9.59 Å². The van der Waals surface area contributed by atoms with Crippen LogP contribution in [0.5, 0.6) is 0 Å². The molecule has 0 aromatic carbocycles. The molecule has 0 amide bonds. The Morgan fingerprint density at radius 2 is 1.65 bits per heavy atom. The number of unbranched alkanes of at least 4 members (excludes halogenated alkanes) is 5. The van der Waals surface area contributed by atoms with E-state index < -0.39 is 5.97 Å². The molecule has 0 fully saturated rings. The van der Waals surface area contributed by atoms with Crippen LogP contribution in [-0.4, -0.2) is 16.9 Å². The summed E-state index contributed by atoms with van der Waals surface area (Å²) in [5, 5.41) is 8.36. The van der Waals surface area contributed by atoms with Gasteiger partial charge in [-0.15, -0.1) is 0 Å². The zero-order valence-corrected chi connectivity index (χ0v) is 10.8. The van der Waals surface area contributed by atoms with Crippen LogP contribution >= 0.6 is 0 Å². The third-order valence-electron chi connectivity index (χ3n) is 2.65. The van der Waals surface area contributed by atoms with Crippen molar-refractivity contribution in [1.29, 1.82) is 0 Å². The Balaban J connectivity index is 3.32. The number of carbonyl (C=O) groups excluding carboxylic acids is 1. The van der Waals surface area contributed by atoms with Crippen LogP contribution in [0.25, 0.3) is 0 Å². The van der Waals surface area contributed by atoms with E-state index in [2.05, 4.69) is 6.92 Å². The average Bonchev–Trinajstić information content (AvgIpc) is 2.28. The van der Waals surface area contributed by atoms with Crippen molar-refractivity contribution in [2.75, 3.05) is 0 Å². The zero-order valence-electron chi connectivity index (χ0n) is 10.8. The van der Waals surface area contributed by atoms with Crippen molar-refractivity contribution in [3.8, 4) is 0 Å². The second-order valence-electron chi connectivity index (χ2n) is 4.34. The van der Waals surface area contributed by atoms with Crippen molar-refractivity contribution < 1.29 is 14.7 Å². The van der Waals surface area contributed by atoms with Gasteiger partial charge in [0.1, 0.15) is 5.78 Å². The third kappa shape index (κ3) is 12.8. The van der Waals surface area contributed by atoms with Crippen LogP contribution in [0.15, 0.2) is 12.2 Å². The molecule has 17 heavy (non-hydrogen) atoms.